The number of nitrogens with zero attached hydrogens (tertiary/aromatic N) is 2. The molecule has 1 unspecified atom stereocenters. The predicted molar refractivity (Wildman–Crippen MR) is 50.8 cm³/mol. The molecule has 0 aliphatic heterocycles. The number of hydrogen-bond acceptors (Lipinski definition) is 3. The molecule has 0 saturated heterocycles. The van der Waals surface area contributed by atoms with Crippen LogP contribution in [0.25, 0.3) is 0 Å². The minimum Gasteiger partial charge on any atom is -0.298 e. The molecular weight excluding hydrogens is 162 g/mol. The van der Waals surface area contributed by atoms with Gasteiger partial charge in [-0.3, -0.25) is 10.3 Å². The van der Waals surface area contributed by atoms with Crippen molar-refractivity contribution in [2.24, 2.45) is 0 Å². The van der Waals surface area contributed by atoms with E-state index in [-0.39, 0.29) is 6.04 Å². The van der Waals surface area contributed by atoms with Gasteiger partial charge in [0.15, 0.2) is 0 Å². The third kappa shape index (κ3) is 3.22. The number of hydrogen-bond donors (Lipinski definition) is 1. The van der Waals surface area contributed by atoms with Crippen LogP contribution in [0.1, 0.15) is 18.9 Å². The van der Waals surface area contributed by atoms with Gasteiger partial charge < -0.3 is 0 Å². The Labute approximate surface area is 78.4 Å². The Morgan fingerprint density at radius 2 is 2.54 bits per heavy atom. The van der Waals surface area contributed by atoms with Gasteiger partial charge in [0.1, 0.15) is 0 Å². The highest BCUT2D eigenvalue weighted by atomic mass is 14.9. The quantitative estimate of drug-likeness (QED) is 0.754. The standard InChI is InChI=1S/C10H13N3/c1-2-10(6-11)13-8-9-4-3-5-12-7-9/h3-5,7,10,13H,2,8H2,1H3. The summed E-state index contributed by atoms with van der Waals surface area (Å²) in [5.41, 5.74) is 1.11. The average molecular weight is 175 g/mol. The van der Waals surface area contributed by atoms with Crippen LogP contribution in [0.4, 0.5) is 0 Å². The highest BCUT2D eigenvalue weighted by Gasteiger charge is 2.01. The lowest BCUT2D eigenvalue weighted by Crippen LogP contribution is -2.26. The molecule has 1 heterocycles. The Morgan fingerprint density at radius 1 is 1.69 bits per heavy atom. The van der Waals surface area contributed by atoms with Crippen LogP contribution in [-0.2, 0) is 6.54 Å². The van der Waals surface area contributed by atoms with Crippen LogP contribution in [0.3, 0.4) is 0 Å². The van der Waals surface area contributed by atoms with Gasteiger partial charge in [-0.05, 0) is 18.1 Å². The summed E-state index contributed by atoms with van der Waals surface area (Å²) in [5.74, 6) is 0. The van der Waals surface area contributed by atoms with E-state index in [1.165, 1.54) is 0 Å². The number of aromatic nitrogens is 1. The van der Waals surface area contributed by atoms with E-state index in [9.17, 15) is 0 Å². The monoisotopic (exact) mass is 175 g/mol. The normalized spacial score (nSPS) is 12.0. The minimum absolute atomic E-state index is 0.0554. The summed E-state index contributed by atoms with van der Waals surface area (Å²) >= 11 is 0. The highest BCUT2D eigenvalue weighted by molar-refractivity contribution is 5.08. The van der Waals surface area contributed by atoms with E-state index >= 15 is 0 Å². The van der Waals surface area contributed by atoms with Gasteiger partial charge in [-0.1, -0.05) is 13.0 Å². The van der Waals surface area contributed by atoms with Crippen molar-refractivity contribution in [3.63, 3.8) is 0 Å². The van der Waals surface area contributed by atoms with E-state index in [1.807, 2.05) is 19.1 Å². The molecule has 0 saturated carbocycles. The molecule has 1 rings (SSSR count). The first-order valence-corrected chi connectivity index (χ1v) is 4.38. The Hall–Kier alpha value is -1.40. The van der Waals surface area contributed by atoms with Crippen molar-refractivity contribution in [2.45, 2.75) is 25.9 Å². The fourth-order valence-corrected chi connectivity index (χ4v) is 1.03. The molecule has 13 heavy (non-hydrogen) atoms. The number of nitrogens with one attached hydrogen (secondary N) is 1. The van der Waals surface area contributed by atoms with Gasteiger partial charge in [0.05, 0.1) is 12.1 Å². The maximum atomic E-state index is 8.68. The van der Waals surface area contributed by atoms with E-state index in [4.69, 9.17) is 5.26 Å². The Morgan fingerprint density at radius 3 is 3.08 bits per heavy atom. The topological polar surface area (TPSA) is 48.7 Å². The molecule has 1 aromatic rings. The van der Waals surface area contributed by atoms with Crippen molar-refractivity contribution in [1.82, 2.24) is 10.3 Å². The zero-order valence-corrected chi connectivity index (χ0v) is 7.70. The maximum absolute atomic E-state index is 8.68. The maximum Gasteiger partial charge on any atom is 0.0952 e. The SMILES string of the molecule is CCC(C#N)NCc1cccnc1. The van der Waals surface area contributed by atoms with Crippen molar-refractivity contribution in [1.29, 1.82) is 5.26 Å². The predicted octanol–water partition coefficient (Wildman–Crippen LogP) is 1.47. The van der Waals surface area contributed by atoms with Crippen molar-refractivity contribution >= 4 is 0 Å². The molecule has 1 N–H and O–H groups in total. The van der Waals surface area contributed by atoms with Gasteiger partial charge in [-0.25, -0.2) is 0 Å². The van der Waals surface area contributed by atoms with Gasteiger partial charge in [0.2, 0.25) is 0 Å². The smallest absolute Gasteiger partial charge is 0.0952 e. The molecule has 1 aromatic heterocycles. The third-order valence-corrected chi connectivity index (χ3v) is 1.84. The second-order valence-electron chi connectivity index (χ2n) is 2.83. The van der Waals surface area contributed by atoms with Crippen LogP contribution in [0.5, 0.6) is 0 Å². The fraction of sp³-hybridized carbons (Fsp3) is 0.400. The van der Waals surface area contributed by atoms with Crippen LogP contribution in [0.15, 0.2) is 24.5 Å². The molecule has 3 nitrogen and oxygen atoms in total. The Balaban J connectivity index is 2.40. The molecule has 0 bridgehead atoms. The lowest BCUT2D eigenvalue weighted by Gasteiger charge is -2.07. The molecular formula is C10H13N3. The summed E-state index contributed by atoms with van der Waals surface area (Å²) in [4.78, 5) is 3.99. The summed E-state index contributed by atoms with van der Waals surface area (Å²) in [5, 5.41) is 11.8. The van der Waals surface area contributed by atoms with Crippen LogP contribution in [0, 0.1) is 11.3 Å². The molecule has 3 heteroatoms. The summed E-state index contributed by atoms with van der Waals surface area (Å²) < 4.78 is 0. The zero-order chi connectivity index (χ0) is 9.52. The molecule has 0 aliphatic rings. The molecule has 0 aliphatic carbocycles. The van der Waals surface area contributed by atoms with Crippen molar-refractivity contribution in [3.05, 3.63) is 30.1 Å². The number of rotatable bonds is 4. The van der Waals surface area contributed by atoms with Gasteiger partial charge in [-0.2, -0.15) is 5.26 Å². The van der Waals surface area contributed by atoms with Crippen LogP contribution in [0.2, 0.25) is 0 Å². The molecule has 0 fully saturated rings. The summed E-state index contributed by atoms with van der Waals surface area (Å²) in [6.07, 6.45) is 4.37. The first-order valence-electron chi connectivity index (χ1n) is 4.38. The van der Waals surface area contributed by atoms with E-state index < -0.39 is 0 Å². The van der Waals surface area contributed by atoms with E-state index in [0.29, 0.717) is 6.54 Å². The summed E-state index contributed by atoms with van der Waals surface area (Å²) in [6.45, 7) is 2.70. The molecule has 0 radical (unpaired) electrons. The molecule has 68 valence electrons. The lowest BCUT2D eigenvalue weighted by molar-refractivity contribution is 0.586. The molecule has 0 spiro atoms. The second kappa shape index (κ2) is 5.28. The third-order valence-electron chi connectivity index (χ3n) is 1.84. The molecule has 0 amide bonds. The Kier molecular flexibility index (Phi) is 3.94. The van der Waals surface area contributed by atoms with Gasteiger partial charge >= 0.3 is 0 Å². The van der Waals surface area contributed by atoms with Crippen LogP contribution in [-0.4, -0.2) is 11.0 Å². The van der Waals surface area contributed by atoms with E-state index in [0.717, 1.165) is 12.0 Å². The van der Waals surface area contributed by atoms with Crippen LogP contribution >= 0.6 is 0 Å². The number of pyridine rings is 1. The van der Waals surface area contributed by atoms with E-state index in [2.05, 4.69) is 16.4 Å². The molecule has 1 atom stereocenters. The van der Waals surface area contributed by atoms with Crippen molar-refractivity contribution in [2.75, 3.05) is 0 Å². The van der Waals surface area contributed by atoms with Gasteiger partial charge in [0.25, 0.3) is 0 Å². The largest absolute Gasteiger partial charge is 0.298 e. The van der Waals surface area contributed by atoms with E-state index in [1.54, 1.807) is 12.4 Å². The molecule has 0 aromatic carbocycles. The first-order chi connectivity index (χ1) is 6.36. The lowest BCUT2D eigenvalue weighted by atomic mass is 10.2. The van der Waals surface area contributed by atoms with Crippen LogP contribution < -0.4 is 5.32 Å². The van der Waals surface area contributed by atoms with Crippen molar-refractivity contribution < 1.29 is 0 Å². The van der Waals surface area contributed by atoms with Gasteiger partial charge in [0, 0.05) is 18.9 Å². The Bertz CT molecular complexity index is 276. The second-order valence-corrected chi connectivity index (χ2v) is 2.83. The average Bonchev–Trinajstić information content (AvgIpc) is 2.21. The van der Waals surface area contributed by atoms with Gasteiger partial charge in [-0.15, -0.1) is 0 Å². The summed E-state index contributed by atoms with van der Waals surface area (Å²) in [7, 11) is 0. The zero-order valence-electron chi connectivity index (χ0n) is 7.70. The highest BCUT2D eigenvalue weighted by Crippen LogP contribution is 1.96. The number of nitriles is 1. The van der Waals surface area contributed by atoms with Crippen molar-refractivity contribution in [3.8, 4) is 6.07 Å². The minimum atomic E-state index is -0.0554. The first kappa shape index (κ1) is 9.69. The summed E-state index contributed by atoms with van der Waals surface area (Å²) in [6, 6.07) is 6.02. The fourth-order valence-electron chi connectivity index (χ4n) is 1.03.